The summed E-state index contributed by atoms with van der Waals surface area (Å²) >= 11 is 0. The van der Waals surface area contributed by atoms with Crippen LogP contribution in [0.15, 0.2) is 0 Å². The van der Waals surface area contributed by atoms with Gasteiger partial charge in [0.05, 0.1) is 0 Å². The largest absolute Gasteiger partial charge is 0.366 e. The highest BCUT2D eigenvalue weighted by molar-refractivity contribution is 5.17. The van der Waals surface area contributed by atoms with Crippen LogP contribution < -0.4 is 11.6 Å². The van der Waals surface area contributed by atoms with Gasteiger partial charge >= 0.3 is 0 Å². The molecule has 1 saturated carbocycles. The van der Waals surface area contributed by atoms with E-state index < -0.39 is 0 Å². The Bertz CT molecular complexity index is 300. The van der Waals surface area contributed by atoms with Crippen molar-refractivity contribution in [2.45, 2.75) is 38.5 Å². The molecule has 1 aromatic heterocycles. The second-order valence-corrected chi connectivity index (χ2v) is 4.03. The molecule has 5 nitrogen and oxygen atoms in total. The third kappa shape index (κ3) is 1.81. The van der Waals surface area contributed by atoms with E-state index in [0.29, 0.717) is 5.95 Å². The molecule has 0 saturated heterocycles. The fraction of sp³-hybridized carbons (Fsp3) is 0.778. The maximum Gasteiger partial charge on any atom is 0.240 e. The van der Waals surface area contributed by atoms with Gasteiger partial charge in [-0.05, 0) is 12.3 Å². The fourth-order valence-electron chi connectivity index (χ4n) is 2.14. The van der Waals surface area contributed by atoms with Crippen molar-refractivity contribution in [2.75, 3.05) is 11.6 Å². The summed E-state index contributed by atoms with van der Waals surface area (Å²) in [6.45, 7) is 0. The third-order valence-corrected chi connectivity index (χ3v) is 3.04. The van der Waals surface area contributed by atoms with Crippen LogP contribution in [0.1, 0.15) is 37.9 Å². The zero-order valence-electron chi connectivity index (χ0n) is 8.32. The van der Waals surface area contributed by atoms with Gasteiger partial charge in [-0.3, -0.25) is 0 Å². The van der Waals surface area contributed by atoms with Gasteiger partial charge in [-0.2, -0.15) is 0 Å². The number of hydrogen-bond acceptors (Lipinski definition) is 4. The molecule has 0 bridgehead atoms. The van der Waals surface area contributed by atoms with Crippen LogP contribution in [-0.4, -0.2) is 14.9 Å². The van der Waals surface area contributed by atoms with Crippen LogP contribution in [0.3, 0.4) is 0 Å². The Kier molecular flexibility index (Phi) is 2.56. The summed E-state index contributed by atoms with van der Waals surface area (Å²) in [5, 5.41) is 7.67. The lowest BCUT2D eigenvalue weighted by Gasteiger charge is -2.07. The maximum atomic E-state index is 5.65. The van der Waals surface area contributed by atoms with Gasteiger partial charge in [-0.1, -0.05) is 25.7 Å². The molecule has 0 aliphatic heterocycles. The van der Waals surface area contributed by atoms with E-state index in [1.165, 1.54) is 30.4 Å². The first-order valence-electron chi connectivity index (χ1n) is 5.22. The first kappa shape index (κ1) is 9.30. The molecule has 0 amide bonds. The Morgan fingerprint density at radius 1 is 1.29 bits per heavy atom. The van der Waals surface area contributed by atoms with Crippen LogP contribution in [-0.2, 0) is 6.42 Å². The molecule has 0 aromatic carbocycles. The number of hydrogen-bond donors (Lipinski definition) is 2. The molecule has 1 aromatic rings. The fourth-order valence-corrected chi connectivity index (χ4v) is 2.14. The number of nitrogen functional groups attached to an aromatic ring is 2. The van der Waals surface area contributed by atoms with Crippen molar-refractivity contribution >= 4 is 5.95 Å². The molecule has 0 radical (unpaired) electrons. The monoisotopic (exact) mass is 195 g/mol. The van der Waals surface area contributed by atoms with Crippen LogP contribution >= 0.6 is 0 Å². The average Bonchev–Trinajstić information content (AvgIpc) is 2.77. The Balaban J connectivity index is 1.88. The van der Waals surface area contributed by atoms with Crippen LogP contribution in [0.25, 0.3) is 0 Å². The van der Waals surface area contributed by atoms with Crippen LogP contribution in [0.2, 0.25) is 0 Å². The zero-order chi connectivity index (χ0) is 9.97. The highest BCUT2D eigenvalue weighted by Gasteiger charge is 2.16. The van der Waals surface area contributed by atoms with Gasteiger partial charge in [0.15, 0.2) is 5.82 Å². The Morgan fingerprint density at radius 2 is 2.00 bits per heavy atom. The molecule has 2 rings (SSSR count). The molecule has 0 unspecified atom stereocenters. The average molecular weight is 195 g/mol. The summed E-state index contributed by atoms with van der Waals surface area (Å²) in [7, 11) is 0. The highest BCUT2D eigenvalue weighted by atomic mass is 15.4. The highest BCUT2D eigenvalue weighted by Crippen LogP contribution is 2.28. The van der Waals surface area contributed by atoms with Crippen molar-refractivity contribution in [3.05, 3.63) is 5.82 Å². The molecule has 78 valence electrons. The summed E-state index contributed by atoms with van der Waals surface area (Å²) in [5.41, 5.74) is 5.49. The molecule has 1 heterocycles. The van der Waals surface area contributed by atoms with Crippen molar-refractivity contribution in [1.29, 1.82) is 0 Å². The molecule has 1 fully saturated rings. The van der Waals surface area contributed by atoms with Crippen LogP contribution in [0.5, 0.6) is 0 Å². The van der Waals surface area contributed by atoms with Gasteiger partial charge in [0.1, 0.15) is 0 Å². The molecular weight excluding hydrogens is 178 g/mol. The van der Waals surface area contributed by atoms with Gasteiger partial charge in [0, 0.05) is 6.42 Å². The van der Waals surface area contributed by atoms with Crippen molar-refractivity contribution in [2.24, 2.45) is 5.92 Å². The standard InChI is InChI=1S/C9H17N5/c10-9-13-12-8(14(9)11)6-5-7-3-1-2-4-7/h7H,1-6,11H2,(H2,10,13). The lowest BCUT2D eigenvalue weighted by atomic mass is 10.0. The van der Waals surface area contributed by atoms with Crippen molar-refractivity contribution < 1.29 is 0 Å². The molecule has 0 atom stereocenters. The van der Waals surface area contributed by atoms with E-state index in [0.717, 1.165) is 24.6 Å². The number of rotatable bonds is 3. The summed E-state index contributed by atoms with van der Waals surface area (Å²) in [4.78, 5) is 0. The molecule has 4 N–H and O–H groups in total. The third-order valence-electron chi connectivity index (χ3n) is 3.04. The minimum absolute atomic E-state index is 0.298. The number of nitrogens with two attached hydrogens (primary N) is 2. The molecule has 0 spiro atoms. The normalized spacial score (nSPS) is 17.7. The number of aryl methyl sites for hydroxylation is 1. The van der Waals surface area contributed by atoms with E-state index in [4.69, 9.17) is 11.6 Å². The first-order chi connectivity index (χ1) is 6.77. The first-order valence-corrected chi connectivity index (χ1v) is 5.22. The molecule has 5 heteroatoms. The lowest BCUT2D eigenvalue weighted by molar-refractivity contribution is 0.494. The summed E-state index contributed by atoms with van der Waals surface area (Å²) in [6.07, 6.45) is 7.52. The lowest BCUT2D eigenvalue weighted by Crippen LogP contribution is -2.16. The van der Waals surface area contributed by atoms with Crippen molar-refractivity contribution in [3.63, 3.8) is 0 Å². The topological polar surface area (TPSA) is 82.8 Å². The number of aromatic nitrogens is 3. The predicted molar refractivity (Wildman–Crippen MR) is 54.9 cm³/mol. The quantitative estimate of drug-likeness (QED) is 0.695. The van der Waals surface area contributed by atoms with Gasteiger partial charge in [0.2, 0.25) is 5.95 Å². The van der Waals surface area contributed by atoms with Crippen LogP contribution in [0, 0.1) is 5.92 Å². The summed E-state index contributed by atoms with van der Waals surface area (Å²) in [6, 6.07) is 0. The Hall–Kier alpha value is -1.26. The minimum Gasteiger partial charge on any atom is -0.366 e. The zero-order valence-corrected chi connectivity index (χ0v) is 8.32. The Morgan fingerprint density at radius 3 is 2.57 bits per heavy atom. The van der Waals surface area contributed by atoms with E-state index in [1.54, 1.807) is 0 Å². The number of anilines is 1. The van der Waals surface area contributed by atoms with E-state index in [1.807, 2.05) is 0 Å². The van der Waals surface area contributed by atoms with E-state index >= 15 is 0 Å². The van der Waals surface area contributed by atoms with E-state index in [9.17, 15) is 0 Å². The molecular formula is C9H17N5. The van der Waals surface area contributed by atoms with Gasteiger partial charge in [-0.15, -0.1) is 10.2 Å². The summed E-state index contributed by atoms with van der Waals surface area (Å²) < 4.78 is 1.38. The summed E-state index contributed by atoms with van der Waals surface area (Å²) in [5.74, 6) is 7.61. The van der Waals surface area contributed by atoms with Gasteiger partial charge in [-0.25, -0.2) is 4.68 Å². The molecule has 1 aliphatic carbocycles. The van der Waals surface area contributed by atoms with E-state index in [-0.39, 0.29) is 0 Å². The van der Waals surface area contributed by atoms with Crippen molar-refractivity contribution in [3.8, 4) is 0 Å². The number of nitrogens with zero attached hydrogens (tertiary/aromatic N) is 3. The SMILES string of the molecule is Nc1nnc(CCC2CCCC2)n1N. The second kappa shape index (κ2) is 3.86. The van der Waals surface area contributed by atoms with Gasteiger partial charge in [0.25, 0.3) is 0 Å². The predicted octanol–water partition coefficient (Wildman–Crippen LogP) is 0.697. The molecule has 1 aliphatic rings. The van der Waals surface area contributed by atoms with Crippen molar-refractivity contribution in [1.82, 2.24) is 14.9 Å². The maximum absolute atomic E-state index is 5.65. The van der Waals surface area contributed by atoms with E-state index in [2.05, 4.69) is 10.2 Å². The molecule has 14 heavy (non-hydrogen) atoms. The Labute approximate surface area is 83.5 Å². The van der Waals surface area contributed by atoms with Gasteiger partial charge < -0.3 is 11.6 Å². The second-order valence-electron chi connectivity index (χ2n) is 4.03. The minimum atomic E-state index is 0.298. The smallest absolute Gasteiger partial charge is 0.240 e. The van der Waals surface area contributed by atoms with Crippen LogP contribution in [0.4, 0.5) is 5.95 Å².